The highest BCUT2D eigenvalue weighted by molar-refractivity contribution is 5.27. The first-order chi connectivity index (χ1) is 10.3. The molecule has 0 bridgehead atoms. The summed E-state index contributed by atoms with van der Waals surface area (Å²) in [5.41, 5.74) is -0.661. The molecule has 0 saturated carbocycles. The van der Waals surface area contributed by atoms with Crippen molar-refractivity contribution in [3.8, 4) is 0 Å². The van der Waals surface area contributed by atoms with Crippen molar-refractivity contribution < 1.29 is 13.2 Å². The summed E-state index contributed by atoms with van der Waals surface area (Å²) in [5.74, 6) is 0.627. The van der Waals surface area contributed by atoms with Gasteiger partial charge in [0.25, 0.3) is 0 Å². The van der Waals surface area contributed by atoms with E-state index in [9.17, 15) is 13.2 Å². The van der Waals surface area contributed by atoms with E-state index in [-0.39, 0.29) is 18.9 Å². The van der Waals surface area contributed by atoms with Crippen molar-refractivity contribution in [3.63, 3.8) is 0 Å². The maximum Gasteiger partial charge on any atom is 0.394 e. The molecular weight excluding hydrogens is 287 g/mol. The fourth-order valence-electron chi connectivity index (χ4n) is 3.63. The molecular formula is C18H26F3N. The Morgan fingerprint density at radius 2 is 1.95 bits per heavy atom. The third kappa shape index (κ3) is 3.48. The molecule has 2 atom stereocenters. The molecule has 0 amide bonds. The largest absolute Gasteiger partial charge is 0.394 e. The van der Waals surface area contributed by atoms with Gasteiger partial charge in [0.15, 0.2) is 0 Å². The van der Waals surface area contributed by atoms with Crippen molar-refractivity contribution in [1.82, 2.24) is 4.90 Å². The number of piperidine rings is 1. The molecule has 0 spiro atoms. The number of likely N-dealkylation sites (tertiary alicyclic amines) is 1. The van der Waals surface area contributed by atoms with Gasteiger partial charge in [0, 0.05) is 6.04 Å². The van der Waals surface area contributed by atoms with E-state index in [2.05, 4.69) is 18.1 Å². The lowest BCUT2D eigenvalue weighted by Gasteiger charge is -2.45. The molecule has 2 rings (SSSR count). The van der Waals surface area contributed by atoms with Crippen molar-refractivity contribution in [1.29, 1.82) is 0 Å². The number of alkyl halides is 3. The van der Waals surface area contributed by atoms with E-state index < -0.39 is 11.6 Å². The molecule has 1 nitrogen and oxygen atoms in total. The van der Waals surface area contributed by atoms with Crippen LogP contribution in [0, 0.1) is 11.3 Å². The van der Waals surface area contributed by atoms with Crippen LogP contribution in [0.3, 0.4) is 0 Å². The molecule has 22 heavy (non-hydrogen) atoms. The number of hydrogen-bond donors (Lipinski definition) is 0. The van der Waals surface area contributed by atoms with Gasteiger partial charge >= 0.3 is 6.18 Å². The summed E-state index contributed by atoms with van der Waals surface area (Å²) in [5, 5.41) is 0. The number of rotatable bonds is 4. The van der Waals surface area contributed by atoms with Crippen molar-refractivity contribution in [2.45, 2.75) is 51.2 Å². The average Bonchev–Trinajstić information content (AvgIpc) is 2.47. The summed E-state index contributed by atoms with van der Waals surface area (Å²) >= 11 is 0. The Hall–Kier alpha value is -1.03. The molecule has 1 fully saturated rings. The van der Waals surface area contributed by atoms with Crippen LogP contribution < -0.4 is 0 Å². The second-order valence-electron chi connectivity index (χ2n) is 6.89. The standard InChI is InChI=1S/C18H26F3N/c1-4-6-14-8-11-22(12-9-14)16-13-17(3,18(19,20)21)10-7-15(16)5-2/h4-5,7,14,16H,1-2,6,8-13H2,3H3. The minimum atomic E-state index is -4.16. The Morgan fingerprint density at radius 3 is 2.45 bits per heavy atom. The summed E-state index contributed by atoms with van der Waals surface area (Å²) in [6.45, 7) is 10.6. The smallest absolute Gasteiger partial charge is 0.296 e. The Labute approximate surface area is 131 Å². The molecule has 2 aliphatic rings. The van der Waals surface area contributed by atoms with E-state index in [1.54, 1.807) is 12.2 Å². The molecule has 0 N–H and O–H groups in total. The van der Waals surface area contributed by atoms with Crippen molar-refractivity contribution in [2.75, 3.05) is 13.1 Å². The van der Waals surface area contributed by atoms with Gasteiger partial charge in [-0.1, -0.05) is 31.7 Å². The van der Waals surface area contributed by atoms with Crippen LogP contribution in [0.4, 0.5) is 13.2 Å². The van der Waals surface area contributed by atoms with Gasteiger partial charge in [0.1, 0.15) is 0 Å². The molecule has 1 aliphatic carbocycles. The average molecular weight is 313 g/mol. The number of nitrogens with zero attached hydrogens (tertiary/aromatic N) is 1. The third-order valence-electron chi connectivity index (χ3n) is 5.33. The van der Waals surface area contributed by atoms with Gasteiger partial charge in [-0.05, 0) is 56.7 Å². The van der Waals surface area contributed by atoms with Gasteiger partial charge in [0.05, 0.1) is 5.41 Å². The molecule has 0 radical (unpaired) electrons. The van der Waals surface area contributed by atoms with Crippen LogP contribution in [0.5, 0.6) is 0 Å². The fraction of sp³-hybridized carbons (Fsp3) is 0.667. The van der Waals surface area contributed by atoms with Crippen molar-refractivity contribution in [2.24, 2.45) is 11.3 Å². The quantitative estimate of drug-likeness (QED) is 0.651. The van der Waals surface area contributed by atoms with E-state index in [0.717, 1.165) is 37.9 Å². The molecule has 2 unspecified atom stereocenters. The van der Waals surface area contributed by atoms with Crippen LogP contribution in [-0.4, -0.2) is 30.2 Å². The molecule has 0 aromatic rings. The predicted octanol–water partition coefficient (Wildman–Crippen LogP) is 5.12. The first-order valence-electron chi connectivity index (χ1n) is 8.05. The number of hydrogen-bond acceptors (Lipinski definition) is 1. The van der Waals surface area contributed by atoms with E-state index in [1.165, 1.54) is 6.92 Å². The third-order valence-corrected chi connectivity index (χ3v) is 5.33. The minimum Gasteiger partial charge on any atom is -0.296 e. The lowest BCUT2D eigenvalue weighted by Crippen LogP contribution is -2.49. The predicted molar refractivity (Wildman–Crippen MR) is 84.6 cm³/mol. The zero-order chi connectivity index (χ0) is 16.4. The summed E-state index contributed by atoms with van der Waals surface area (Å²) in [4.78, 5) is 2.22. The van der Waals surface area contributed by atoms with E-state index in [1.807, 2.05) is 6.08 Å². The second kappa shape index (κ2) is 6.61. The Kier molecular flexibility index (Phi) is 5.21. The Morgan fingerprint density at radius 1 is 1.32 bits per heavy atom. The molecule has 1 saturated heterocycles. The fourth-order valence-corrected chi connectivity index (χ4v) is 3.63. The van der Waals surface area contributed by atoms with Crippen LogP contribution in [-0.2, 0) is 0 Å². The Balaban J connectivity index is 2.11. The lowest BCUT2D eigenvalue weighted by molar-refractivity contribution is -0.224. The first-order valence-corrected chi connectivity index (χ1v) is 8.05. The number of halogens is 3. The molecule has 1 aliphatic heterocycles. The van der Waals surface area contributed by atoms with Crippen LogP contribution >= 0.6 is 0 Å². The van der Waals surface area contributed by atoms with Crippen LogP contribution in [0.1, 0.15) is 39.0 Å². The van der Waals surface area contributed by atoms with Gasteiger partial charge in [-0.25, -0.2) is 0 Å². The van der Waals surface area contributed by atoms with E-state index >= 15 is 0 Å². The molecule has 0 aromatic carbocycles. The summed E-state index contributed by atoms with van der Waals surface area (Å²) in [7, 11) is 0. The molecule has 0 aromatic heterocycles. The van der Waals surface area contributed by atoms with Crippen LogP contribution in [0.2, 0.25) is 0 Å². The first kappa shape index (κ1) is 17.3. The summed E-state index contributed by atoms with van der Waals surface area (Å²) in [6.07, 6.45) is 4.53. The van der Waals surface area contributed by atoms with Crippen LogP contribution in [0.25, 0.3) is 0 Å². The number of allylic oxidation sites excluding steroid dienone is 2. The molecule has 124 valence electrons. The Bertz CT molecular complexity index is 444. The van der Waals surface area contributed by atoms with Gasteiger partial charge in [0.2, 0.25) is 0 Å². The SMILES string of the molecule is C=CCC1CCN(C2CC(C)(C(F)(F)F)CC=C2C=C)CC1. The maximum absolute atomic E-state index is 13.4. The molecule has 1 heterocycles. The zero-order valence-electron chi connectivity index (χ0n) is 13.3. The maximum atomic E-state index is 13.4. The van der Waals surface area contributed by atoms with Gasteiger partial charge in [-0.3, -0.25) is 4.90 Å². The lowest BCUT2D eigenvalue weighted by atomic mass is 9.72. The van der Waals surface area contributed by atoms with Gasteiger partial charge in [-0.2, -0.15) is 13.2 Å². The monoisotopic (exact) mass is 313 g/mol. The normalized spacial score (nSPS) is 31.6. The van der Waals surface area contributed by atoms with Crippen LogP contribution in [0.15, 0.2) is 37.0 Å². The van der Waals surface area contributed by atoms with E-state index in [0.29, 0.717) is 5.92 Å². The summed E-state index contributed by atoms with van der Waals surface area (Å²) < 4.78 is 40.1. The van der Waals surface area contributed by atoms with Crippen molar-refractivity contribution in [3.05, 3.63) is 37.0 Å². The second-order valence-corrected chi connectivity index (χ2v) is 6.89. The highest BCUT2D eigenvalue weighted by atomic mass is 19.4. The van der Waals surface area contributed by atoms with E-state index in [4.69, 9.17) is 0 Å². The highest BCUT2D eigenvalue weighted by Gasteiger charge is 2.53. The zero-order valence-corrected chi connectivity index (χ0v) is 13.3. The van der Waals surface area contributed by atoms with Crippen molar-refractivity contribution >= 4 is 0 Å². The van der Waals surface area contributed by atoms with Gasteiger partial charge < -0.3 is 0 Å². The minimum absolute atomic E-state index is 0.0568. The molecule has 4 heteroatoms. The highest BCUT2D eigenvalue weighted by Crippen LogP contribution is 2.49. The topological polar surface area (TPSA) is 3.24 Å². The summed E-state index contributed by atoms with van der Waals surface area (Å²) in [6, 6.07) is -0.150. The van der Waals surface area contributed by atoms with Gasteiger partial charge in [-0.15, -0.1) is 6.58 Å².